The van der Waals surface area contributed by atoms with Crippen LogP contribution in [-0.4, -0.2) is 11.2 Å². The minimum absolute atomic E-state index is 0.640. The van der Waals surface area contributed by atoms with Crippen molar-refractivity contribution < 1.29 is 4.74 Å². The van der Waals surface area contributed by atoms with Crippen LogP contribution in [0.15, 0.2) is 54.7 Å². The monoisotopic (exact) mass is 266 g/mol. The van der Waals surface area contributed by atoms with E-state index in [1.807, 2.05) is 24.3 Å². The second-order valence-electron chi connectivity index (χ2n) is 4.99. The van der Waals surface area contributed by atoms with Gasteiger partial charge < -0.3 is 15.0 Å². The van der Waals surface area contributed by atoms with Crippen LogP contribution in [0.25, 0.3) is 10.9 Å². The molecule has 2 N–H and O–H groups in total. The number of nitrogens with zero attached hydrogens (tertiary/aromatic N) is 1. The molecule has 0 radical (unpaired) electrons. The SMILES string of the molecule is Cc1ccc2c(ccn2CCOc2ccc(N)cc2)c1. The van der Waals surface area contributed by atoms with E-state index in [4.69, 9.17) is 10.5 Å². The Balaban J connectivity index is 1.66. The summed E-state index contributed by atoms with van der Waals surface area (Å²) in [6, 6.07) is 16.1. The Labute approximate surface area is 118 Å². The summed E-state index contributed by atoms with van der Waals surface area (Å²) in [7, 11) is 0. The predicted molar refractivity (Wildman–Crippen MR) is 83.0 cm³/mol. The molecule has 0 spiro atoms. The van der Waals surface area contributed by atoms with Gasteiger partial charge in [0.1, 0.15) is 12.4 Å². The fraction of sp³-hybridized carbons (Fsp3) is 0.176. The highest BCUT2D eigenvalue weighted by Crippen LogP contribution is 2.18. The third-order valence-corrected chi connectivity index (χ3v) is 3.41. The number of rotatable bonds is 4. The summed E-state index contributed by atoms with van der Waals surface area (Å²) in [5.74, 6) is 0.853. The zero-order valence-electron chi connectivity index (χ0n) is 11.5. The molecular weight excluding hydrogens is 248 g/mol. The molecule has 3 heteroatoms. The fourth-order valence-corrected chi connectivity index (χ4v) is 2.34. The van der Waals surface area contributed by atoms with Crippen LogP contribution in [0.1, 0.15) is 5.56 Å². The van der Waals surface area contributed by atoms with Gasteiger partial charge in [0, 0.05) is 17.4 Å². The lowest BCUT2D eigenvalue weighted by molar-refractivity contribution is 0.300. The molecule has 0 atom stereocenters. The molecule has 0 amide bonds. The zero-order chi connectivity index (χ0) is 13.9. The Kier molecular flexibility index (Phi) is 3.33. The van der Waals surface area contributed by atoms with Crippen molar-refractivity contribution >= 4 is 16.6 Å². The Morgan fingerprint density at radius 1 is 1.05 bits per heavy atom. The molecule has 2 aromatic carbocycles. The topological polar surface area (TPSA) is 40.2 Å². The molecule has 20 heavy (non-hydrogen) atoms. The van der Waals surface area contributed by atoms with Crippen LogP contribution in [0.2, 0.25) is 0 Å². The summed E-state index contributed by atoms with van der Waals surface area (Å²) in [5, 5.41) is 1.28. The third kappa shape index (κ3) is 2.62. The van der Waals surface area contributed by atoms with Gasteiger partial charge in [-0.3, -0.25) is 0 Å². The highest BCUT2D eigenvalue weighted by Gasteiger charge is 2.01. The summed E-state index contributed by atoms with van der Waals surface area (Å²) in [5.41, 5.74) is 8.93. The fourth-order valence-electron chi connectivity index (χ4n) is 2.34. The maximum Gasteiger partial charge on any atom is 0.119 e. The van der Waals surface area contributed by atoms with Gasteiger partial charge in [0.2, 0.25) is 0 Å². The summed E-state index contributed by atoms with van der Waals surface area (Å²) >= 11 is 0. The van der Waals surface area contributed by atoms with Crippen molar-refractivity contribution in [3.05, 3.63) is 60.3 Å². The third-order valence-electron chi connectivity index (χ3n) is 3.41. The molecule has 3 aromatic rings. The van der Waals surface area contributed by atoms with Gasteiger partial charge >= 0.3 is 0 Å². The first-order valence-corrected chi connectivity index (χ1v) is 6.76. The molecule has 3 nitrogen and oxygen atoms in total. The number of nitrogen functional groups attached to an aromatic ring is 1. The highest BCUT2D eigenvalue weighted by molar-refractivity contribution is 5.80. The van der Waals surface area contributed by atoms with Crippen LogP contribution in [-0.2, 0) is 6.54 Å². The minimum Gasteiger partial charge on any atom is -0.492 e. The molecule has 0 saturated heterocycles. The molecule has 1 heterocycles. The number of anilines is 1. The van der Waals surface area contributed by atoms with Crippen molar-refractivity contribution in [3.8, 4) is 5.75 Å². The molecule has 102 valence electrons. The standard InChI is InChI=1S/C17H18N2O/c1-13-2-7-17-14(12-13)8-9-19(17)10-11-20-16-5-3-15(18)4-6-16/h2-9,12H,10-11,18H2,1H3. The van der Waals surface area contributed by atoms with Crippen LogP contribution in [0.4, 0.5) is 5.69 Å². The second-order valence-corrected chi connectivity index (χ2v) is 4.99. The quantitative estimate of drug-likeness (QED) is 0.733. The number of hydrogen-bond donors (Lipinski definition) is 1. The molecule has 0 saturated carbocycles. The van der Waals surface area contributed by atoms with E-state index in [1.54, 1.807) is 0 Å². The maximum atomic E-state index is 5.73. The summed E-state index contributed by atoms with van der Waals surface area (Å²) < 4.78 is 7.94. The van der Waals surface area contributed by atoms with Crippen LogP contribution in [0.3, 0.4) is 0 Å². The molecule has 0 bridgehead atoms. The maximum absolute atomic E-state index is 5.73. The van der Waals surface area contributed by atoms with Gasteiger partial charge in [-0.1, -0.05) is 11.6 Å². The Bertz CT molecular complexity index is 713. The van der Waals surface area contributed by atoms with Crippen molar-refractivity contribution in [1.82, 2.24) is 4.57 Å². The first-order valence-electron chi connectivity index (χ1n) is 6.76. The van der Waals surface area contributed by atoms with Gasteiger partial charge in [0.25, 0.3) is 0 Å². The minimum atomic E-state index is 0.640. The molecule has 0 aliphatic carbocycles. The zero-order valence-corrected chi connectivity index (χ0v) is 11.5. The van der Waals surface area contributed by atoms with Gasteiger partial charge in [0.15, 0.2) is 0 Å². The van der Waals surface area contributed by atoms with Gasteiger partial charge in [-0.25, -0.2) is 0 Å². The smallest absolute Gasteiger partial charge is 0.119 e. The molecule has 0 aliphatic heterocycles. The molecule has 0 unspecified atom stereocenters. The summed E-state index contributed by atoms with van der Waals surface area (Å²) in [6.45, 7) is 3.58. The van der Waals surface area contributed by atoms with Gasteiger partial charge in [0.05, 0.1) is 6.54 Å². The van der Waals surface area contributed by atoms with Crippen molar-refractivity contribution in [2.45, 2.75) is 13.5 Å². The van der Waals surface area contributed by atoms with Gasteiger partial charge in [-0.05, 0) is 54.8 Å². The Morgan fingerprint density at radius 3 is 2.65 bits per heavy atom. The molecule has 3 rings (SSSR count). The number of hydrogen-bond acceptors (Lipinski definition) is 2. The van der Waals surface area contributed by atoms with E-state index in [2.05, 4.69) is 42.0 Å². The highest BCUT2D eigenvalue weighted by atomic mass is 16.5. The average molecular weight is 266 g/mol. The predicted octanol–water partition coefficient (Wildman–Crippen LogP) is 3.61. The largest absolute Gasteiger partial charge is 0.492 e. The molecule has 1 aromatic heterocycles. The second kappa shape index (κ2) is 5.29. The van der Waals surface area contributed by atoms with E-state index >= 15 is 0 Å². The van der Waals surface area contributed by atoms with E-state index in [-0.39, 0.29) is 0 Å². The van der Waals surface area contributed by atoms with Crippen molar-refractivity contribution in [2.75, 3.05) is 12.3 Å². The normalized spacial score (nSPS) is 10.8. The summed E-state index contributed by atoms with van der Waals surface area (Å²) in [6.07, 6.45) is 2.11. The van der Waals surface area contributed by atoms with E-state index in [0.29, 0.717) is 6.61 Å². The number of aromatic nitrogens is 1. The lowest BCUT2D eigenvalue weighted by Crippen LogP contribution is -2.07. The van der Waals surface area contributed by atoms with Crippen molar-refractivity contribution in [3.63, 3.8) is 0 Å². The Hall–Kier alpha value is -2.42. The lowest BCUT2D eigenvalue weighted by Gasteiger charge is -2.08. The molecular formula is C17H18N2O. The molecule has 0 fully saturated rings. The lowest BCUT2D eigenvalue weighted by atomic mass is 10.2. The molecule has 0 aliphatic rings. The average Bonchev–Trinajstić information content (AvgIpc) is 2.83. The van der Waals surface area contributed by atoms with Crippen molar-refractivity contribution in [2.24, 2.45) is 0 Å². The Morgan fingerprint density at radius 2 is 1.85 bits per heavy atom. The van der Waals surface area contributed by atoms with Gasteiger partial charge in [-0.2, -0.15) is 0 Å². The van der Waals surface area contributed by atoms with Crippen molar-refractivity contribution in [1.29, 1.82) is 0 Å². The number of fused-ring (bicyclic) bond motifs is 1. The first kappa shape index (κ1) is 12.6. The van der Waals surface area contributed by atoms with E-state index < -0.39 is 0 Å². The van der Waals surface area contributed by atoms with Crippen LogP contribution in [0.5, 0.6) is 5.75 Å². The van der Waals surface area contributed by atoms with E-state index in [9.17, 15) is 0 Å². The van der Waals surface area contributed by atoms with Gasteiger partial charge in [-0.15, -0.1) is 0 Å². The van der Waals surface area contributed by atoms with E-state index in [0.717, 1.165) is 18.0 Å². The number of aryl methyl sites for hydroxylation is 1. The van der Waals surface area contributed by atoms with Crippen LogP contribution < -0.4 is 10.5 Å². The van der Waals surface area contributed by atoms with Crippen LogP contribution in [0, 0.1) is 6.92 Å². The number of ether oxygens (including phenoxy) is 1. The number of benzene rings is 2. The summed E-state index contributed by atoms with van der Waals surface area (Å²) in [4.78, 5) is 0. The first-order chi connectivity index (χ1) is 9.72. The van der Waals surface area contributed by atoms with E-state index in [1.165, 1.54) is 16.5 Å². The number of nitrogens with two attached hydrogens (primary N) is 1. The van der Waals surface area contributed by atoms with Crippen LogP contribution >= 0.6 is 0 Å².